The van der Waals surface area contributed by atoms with Crippen LogP contribution in [0.3, 0.4) is 0 Å². The SMILES string of the molecule is OC(C1(O[SiH3])CSCCS1)C1(O[SiH3])CSCCS1. The van der Waals surface area contributed by atoms with Crippen molar-refractivity contribution in [1.82, 2.24) is 0 Å². The second kappa shape index (κ2) is 7.12. The molecule has 2 unspecified atom stereocenters. The van der Waals surface area contributed by atoms with Crippen LogP contribution in [0, 0.1) is 0 Å². The molecule has 0 aromatic carbocycles. The molecule has 106 valence electrons. The molecule has 9 heteroatoms. The van der Waals surface area contributed by atoms with Crippen LogP contribution in [0.4, 0.5) is 0 Å². The van der Waals surface area contributed by atoms with Gasteiger partial charge in [0.25, 0.3) is 0 Å². The third-order valence-corrected chi connectivity index (χ3v) is 11.3. The second-order valence-corrected chi connectivity index (χ2v) is 10.0. The Balaban J connectivity index is 2.17. The summed E-state index contributed by atoms with van der Waals surface area (Å²) in [6.45, 7) is 0. The van der Waals surface area contributed by atoms with Gasteiger partial charge in [0.2, 0.25) is 0 Å². The summed E-state index contributed by atoms with van der Waals surface area (Å²) >= 11 is 7.33. The highest BCUT2D eigenvalue weighted by molar-refractivity contribution is 8.08. The molecule has 2 rings (SSSR count). The van der Waals surface area contributed by atoms with Crippen molar-refractivity contribution in [2.24, 2.45) is 0 Å². The standard InChI is InChI=1S/C9H20O3S4Si2/c10-7(8(11-17)5-13-1-3-15-8)9(12-18)6-14-2-4-16-9/h7,10H,1-6H2,17-18H3. The lowest BCUT2D eigenvalue weighted by atomic mass is 10.1. The second-order valence-electron chi connectivity index (χ2n) is 4.24. The van der Waals surface area contributed by atoms with E-state index in [-0.39, 0.29) is 0 Å². The first-order valence-electron chi connectivity index (χ1n) is 5.91. The molecule has 0 radical (unpaired) electrons. The van der Waals surface area contributed by atoms with Gasteiger partial charge in [0.1, 0.15) is 36.9 Å². The highest BCUT2D eigenvalue weighted by Crippen LogP contribution is 2.48. The zero-order valence-corrected chi connectivity index (χ0v) is 18.0. The molecular formula is C9H20O3S4Si2. The van der Waals surface area contributed by atoms with Crippen LogP contribution in [-0.2, 0) is 8.85 Å². The molecule has 0 aliphatic carbocycles. The molecule has 1 N–H and O–H groups in total. The van der Waals surface area contributed by atoms with Crippen LogP contribution in [0.5, 0.6) is 0 Å². The van der Waals surface area contributed by atoms with Crippen LogP contribution < -0.4 is 0 Å². The predicted octanol–water partition coefficient (Wildman–Crippen LogP) is -0.706. The van der Waals surface area contributed by atoms with Crippen molar-refractivity contribution in [2.75, 3.05) is 34.5 Å². The zero-order valence-electron chi connectivity index (χ0n) is 10.7. The van der Waals surface area contributed by atoms with E-state index in [1.807, 2.05) is 23.5 Å². The van der Waals surface area contributed by atoms with Gasteiger partial charge in [-0.2, -0.15) is 23.5 Å². The van der Waals surface area contributed by atoms with Crippen LogP contribution in [0.2, 0.25) is 0 Å². The Morgan fingerprint density at radius 1 is 0.889 bits per heavy atom. The lowest BCUT2D eigenvalue weighted by Crippen LogP contribution is -2.60. The van der Waals surface area contributed by atoms with Crippen LogP contribution in [0.1, 0.15) is 0 Å². The molecular weight excluding hydrogens is 341 g/mol. The number of hydrogen-bond donors (Lipinski definition) is 1. The lowest BCUT2D eigenvalue weighted by Gasteiger charge is -2.48. The first-order chi connectivity index (χ1) is 8.69. The summed E-state index contributed by atoms with van der Waals surface area (Å²) in [6.07, 6.45) is -0.532. The molecule has 3 nitrogen and oxygen atoms in total. The molecule has 2 fully saturated rings. The van der Waals surface area contributed by atoms with E-state index in [9.17, 15) is 5.11 Å². The number of aliphatic hydroxyl groups excluding tert-OH is 1. The van der Waals surface area contributed by atoms with E-state index in [1.165, 1.54) is 0 Å². The van der Waals surface area contributed by atoms with Crippen LogP contribution in [0.25, 0.3) is 0 Å². The summed E-state index contributed by atoms with van der Waals surface area (Å²) in [5.41, 5.74) is 0. The van der Waals surface area contributed by atoms with Crippen molar-refractivity contribution in [3.63, 3.8) is 0 Å². The van der Waals surface area contributed by atoms with Gasteiger partial charge in [-0.1, -0.05) is 0 Å². The van der Waals surface area contributed by atoms with Gasteiger partial charge in [-0.05, 0) is 0 Å². The third kappa shape index (κ3) is 3.14. The molecule has 2 saturated heterocycles. The van der Waals surface area contributed by atoms with Crippen molar-refractivity contribution in [3.05, 3.63) is 0 Å². The Morgan fingerprint density at radius 3 is 1.61 bits per heavy atom. The molecule has 18 heavy (non-hydrogen) atoms. The number of rotatable bonds is 4. The normalized spacial score (nSPS) is 39.8. The van der Waals surface area contributed by atoms with Crippen LogP contribution in [0.15, 0.2) is 0 Å². The maximum Gasteiger partial charge on any atom is 0.148 e. The minimum absolute atomic E-state index is 0.440. The largest absolute Gasteiger partial charge is 0.411 e. The topological polar surface area (TPSA) is 38.7 Å². The molecule has 0 aromatic rings. The molecule has 0 spiro atoms. The average Bonchev–Trinajstić information content (AvgIpc) is 2.48. The first kappa shape index (κ1) is 16.1. The summed E-state index contributed by atoms with van der Waals surface area (Å²) in [7, 11) is 1.32. The highest BCUT2D eigenvalue weighted by atomic mass is 32.2. The van der Waals surface area contributed by atoms with E-state index in [2.05, 4.69) is 0 Å². The lowest BCUT2D eigenvalue weighted by molar-refractivity contribution is -0.0479. The number of aliphatic hydroxyl groups is 1. The zero-order chi connectivity index (χ0) is 13.1. The Kier molecular flexibility index (Phi) is 6.37. The van der Waals surface area contributed by atoms with E-state index in [0.29, 0.717) is 21.0 Å². The van der Waals surface area contributed by atoms with E-state index < -0.39 is 16.0 Å². The molecule has 0 bridgehead atoms. The van der Waals surface area contributed by atoms with Crippen molar-refractivity contribution in [2.45, 2.75) is 16.0 Å². The fraction of sp³-hybridized carbons (Fsp3) is 1.00. The Bertz CT molecular complexity index is 247. The summed E-state index contributed by atoms with van der Waals surface area (Å²) in [5, 5.41) is 10.9. The van der Waals surface area contributed by atoms with Crippen LogP contribution in [-0.4, -0.2) is 76.6 Å². The van der Waals surface area contributed by atoms with Gasteiger partial charge < -0.3 is 14.0 Å². The van der Waals surface area contributed by atoms with Gasteiger partial charge in [0.05, 0.1) is 0 Å². The van der Waals surface area contributed by atoms with Crippen molar-refractivity contribution in [3.8, 4) is 0 Å². The van der Waals surface area contributed by atoms with Crippen molar-refractivity contribution >= 4 is 68.0 Å². The van der Waals surface area contributed by atoms with Crippen molar-refractivity contribution < 1.29 is 14.0 Å². The fourth-order valence-corrected chi connectivity index (χ4v) is 9.91. The van der Waals surface area contributed by atoms with E-state index in [1.54, 1.807) is 23.5 Å². The van der Waals surface area contributed by atoms with Gasteiger partial charge >= 0.3 is 0 Å². The molecule has 2 heterocycles. The molecule has 0 amide bonds. The fourth-order valence-electron chi connectivity index (χ4n) is 2.17. The van der Waals surface area contributed by atoms with Gasteiger partial charge in [-0.25, -0.2) is 0 Å². The maximum atomic E-state index is 10.9. The van der Waals surface area contributed by atoms with Gasteiger partial charge in [0.15, 0.2) is 0 Å². The minimum atomic E-state index is -0.532. The predicted molar refractivity (Wildman–Crippen MR) is 93.1 cm³/mol. The third-order valence-electron chi connectivity index (χ3n) is 3.28. The highest BCUT2D eigenvalue weighted by Gasteiger charge is 2.53. The minimum Gasteiger partial charge on any atom is -0.411 e. The van der Waals surface area contributed by atoms with Crippen molar-refractivity contribution in [1.29, 1.82) is 0 Å². The molecule has 2 aliphatic rings. The van der Waals surface area contributed by atoms with Gasteiger partial charge in [0, 0.05) is 34.5 Å². The number of thioether (sulfide) groups is 4. The first-order valence-corrected chi connectivity index (χ1v) is 11.8. The summed E-state index contributed by atoms with van der Waals surface area (Å²) in [5.74, 6) is 6.17. The van der Waals surface area contributed by atoms with Gasteiger partial charge in [-0.15, -0.1) is 23.5 Å². The summed E-state index contributed by atoms with van der Waals surface area (Å²) < 4.78 is 11.7. The monoisotopic (exact) mass is 360 g/mol. The summed E-state index contributed by atoms with van der Waals surface area (Å²) in [6, 6.07) is 0. The van der Waals surface area contributed by atoms with Crippen LogP contribution >= 0.6 is 47.0 Å². The van der Waals surface area contributed by atoms with E-state index in [0.717, 1.165) is 34.5 Å². The molecule has 2 aliphatic heterocycles. The summed E-state index contributed by atoms with van der Waals surface area (Å²) in [4.78, 5) is -0.880. The molecule has 2 atom stereocenters. The van der Waals surface area contributed by atoms with E-state index >= 15 is 0 Å². The maximum absolute atomic E-state index is 10.9. The molecule has 0 saturated carbocycles. The number of hydrogen-bond acceptors (Lipinski definition) is 7. The Hall–Kier alpha value is 1.71. The Morgan fingerprint density at radius 2 is 1.33 bits per heavy atom. The molecule has 0 aromatic heterocycles. The Labute approximate surface area is 132 Å². The van der Waals surface area contributed by atoms with Gasteiger partial charge in [-0.3, -0.25) is 0 Å². The van der Waals surface area contributed by atoms with E-state index in [4.69, 9.17) is 8.85 Å². The smallest absolute Gasteiger partial charge is 0.148 e. The average molecular weight is 361 g/mol. The quantitative estimate of drug-likeness (QED) is 0.664.